The number of esters is 1. The van der Waals surface area contributed by atoms with Gasteiger partial charge in [0.15, 0.2) is 0 Å². The second-order valence-corrected chi connectivity index (χ2v) is 19.7. The van der Waals surface area contributed by atoms with E-state index in [1.807, 2.05) is 0 Å². The standard InChI is InChI=1S/C57H111NO5/c1-4-7-10-13-16-19-22-25-27-29-32-35-38-41-44-47-50-57(62)63-53(48-45-42-39-36-33-30-24-21-18-15-12-9-6-3)51-56(61)58-54(52-59)55(60)49-46-43-40-37-34-31-28-26-23-20-17-14-11-8-5-2/h27,29,53-55,59-60H,4-26,28,30-52H2,1-3H3,(H,58,61)/b29-27+. The summed E-state index contributed by atoms with van der Waals surface area (Å²) in [5.41, 5.74) is 0. The summed E-state index contributed by atoms with van der Waals surface area (Å²) in [6.45, 7) is 6.52. The highest BCUT2D eigenvalue weighted by atomic mass is 16.5. The lowest BCUT2D eigenvalue weighted by Crippen LogP contribution is -2.46. The number of rotatable bonds is 52. The molecule has 6 nitrogen and oxygen atoms in total. The fourth-order valence-corrected chi connectivity index (χ4v) is 9.02. The molecule has 1 amide bonds. The van der Waals surface area contributed by atoms with Crippen LogP contribution in [0, 0.1) is 0 Å². The third-order valence-electron chi connectivity index (χ3n) is 13.3. The normalized spacial score (nSPS) is 13.2. The number of hydrogen-bond donors (Lipinski definition) is 3. The van der Waals surface area contributed by atoms with Crippen molar-refractivity contribution in [3.63, 3.8) is 0 Å². The van der Waals surface area contributed by atoms with E-state index in [0.29, 0.717) is 19.3 Å². The minimum atomic E-state index is -0.783. The number of nitrogens with one attached hydrogen (secondary N) is 1. The molecule has 0 saturated carbocycles. The molecule has 0 rings (SSSR count). The average molecular weight is 891 g/mol. The number of amides is 1. The van der Waals surface area contributed by atoms with E-state index >= 15 is 0 Å². The van der Waals surface area contributed by atoms with Crippen molar-refractivity contribution in [3.05, 3.63) is 12.2 Å². The predicted octanol–water partition coefficient (Wildman–Crippen LogP) is 17.3. The lowest BCUT2D eigenvalue weighted by Gasteiger charge is -2.24. The van der Waals surface area contributed by atoms with E-state index in [9.17, 15) is 19.8 Å². The Hall–Kier alpha value is -1.40. The summed E-state index contributed by atoms with van der Waals surface area (Å²) < 4.78 is 5.95. The molecule has 0 spiro atoms. The molecule has 0 radical (unpaired) electrons. The first kappa shape index (κ1) is 61.6. The number of hydrogen-bond acceptors (Lipinski definition) is 5. The molecule has 374 valence electrons. The van der Waals surface area contributed by atoms with Crippen molar-refractivity contribution < 1.29 is 24.5 Å². The van der Waals surface area contributed by atoms with Gasteiger partial charge in [-0.15, -0.1) is 0 Å². The smallest absolute Gasteiger partial charge is 0.306 e. The van der Waals surface area contributed by atoms with Gasteiger partial charge in [0.05, 0.1) is 25.2 Å². The van der Waals surface area contributed by atoms with Crippen LogP contribution in [0.3, 0.4) is 0 Å². The molecule has 63 heavy (non-hydrogen) atoms. The first-order valence-corrected chi connectivity index (χ1v) is 28.4. The van der Waals surface area contributed by atoms with Crippen LogP contribution in [0.5, 0.6) is 0 Å². The van der Waals surface area contributed by atoms with E-state index in [1.54, 1.807) is 0 Å². The van der Waals surface area contributed by atoms with Gasteiger partial charge in [0.25, 0.3) is 0 Å². The zero-order chi connectivity index (χ0) is 45.9. The number of allylic oxidation sites excluding steroid dienone is 2. The Balaban J connectivity index is 4.50. The molecule has 0 aromatic rings. The monoisotopic (exact) mass is 890 g/mol. The Bertz CT molecular complexity index is 955. The SMILES string of the molecule is CCCCCCCCC/C=C/CCCCCCCC(=O)OC(CCCCCCCCCCCCCCC)CC(=O)NC(CO)C(O)CCCCCCCCCCCCCCCCC. The van der Waals surface area contributed by atoms with Crippen LogP contribution in [0.25, 0.3) is 0 Å². The first-order chi connectivity index (χ1) is 31.0. The van der Waals surface area contributed by atoms with Gasteiger partial charge in [-0.3, -0.25) is 9.59 Å². The zero-order valence-corrected chi connectivity index (χ0v) is 42.7. The molecule has 0 saturated heterocycles. The summed E-state index contributed by atoms with van der Waals surface area (Å²) in [5.74, 6) is -0.462. The molecule has 3 atom stereocenters. The largest absolute Gasteiger partial charge is 0.462 e. The maximum absolute atomic E-state index is 13.2. The van der Waals surface area contributed by atoms with Crippen LogP contribution in [0.4, 0.5) is 0 Å². The Kier molecular flexibility index (Phi) is 50.4. The number of aliphatic hydroxyl groups excluding tert-OH is 2. The molecule has 0 aliphatic heterocycles. The first-order valence-electron chi connectivity index (χ1n) is 28.4. The Morgan fingerprint density at radius 3 is 1.13 bits per heavy atom. The summed E-state index contributed by atoms with van der Waals surface area (Å²) >= 11 is 0. The Labute approximate surface area is 393 Å². The van der Waals surface area contributed by atoms with Gasteiger partial charge in [0.2, 0.25) is 5.91 Å². The maximum Gasteiger partial charge on any atom is 0.306 e. The van der Waals surface area contributed by atoms with Crippen LogP contribution in [-0.2, 0) is 14.3 Å². The summed E-state index contributed by atoms with van der Waals surface area (Å²) in [6, 6.07) is -0.697. The third kappa shape index (κ3) is 46.9. The van der Waals surface area contributed by atoms with Gasteiger partial charge in [-0.05, 0) is 51.4 Å². The molecule has 0 heterocycles. The van der Waals surface area contributed by atoms with Gasteiger partial charge in [0.1, 0.15) is 6.10 Å². The van der Waals surface area contributed by atoms with Crippen molar-refractivity contribution in [1.29, 1.82) is 0 Å². The molecular weight excluding hydrogens is 779 g/mol. The zero-order valence-electron chi connectivity index (χ0n) is 42.7. The lowest BCUT2D eigenvalue weighted by atomic mass is 10.0. The van der Waals surface area contributed by atoms with Gasteiger partial charge in [0, 0.05) is 6.42 Å². The van der Waals surface area contributed by atoms with Gasteiger partial charge in [-0.1, -0.05) is 264 Å². The van der Waals surface area contributed by atoms with E-state index in [4.69, 9.17) is 4.74 Å². The third-order valence-corrected chi connectivity index (χ3v) is 13.3. The molecule has 0 aliphatic rings. The van der Waals surface area contributed by atoms with Crippen molar-refractivity contribution in [2.75, 3.05) is 6.61 Å². The predicted molar refractivity (Wildman–Crippen MR) is 273 cm³/mol. The molecule has 3 N–H and O–H groups in total. The van der Waals surface area contributed by atoms with Crippen molar-refractivity contribution >= 4 is 11.9 Å². The molecule has 3 unspecified atom stereocenters. The van der Waals surface area contributed by atoms with Crippen LogP contribution in [0.2, 0.25) is 0 Å². The molecule has 0 fully saturated rings. The van der Waals surface area contributed by atoms with E-state index in [1.165, 1.54) is 218 Å². The van der Waals surface area contributed by atoms with Gasteiger partial charge >= 0.3 is 5.97 Å². The van der Waals surface area contributed by atoms with Crippen LogP contribution in [-0.4, -0.2) is 46.9 Å². The minimum absolute atomic E-state index is 0.0820. The highest BCUT2D eigenvalue weighted by Gasteiger charge is 2.24. The maximum atomic E-state index is 13.2. The van der Waals surface area contributed by atoms with Crippen LogP contribution < -0.4 is 5.32 Å². The second kappa shape index (κ2) is 51.6. The van der Waals surface area contributed by atoms with E-state index in [0.717, 1.165) is 51.4 Å². The second-order valence-electron chi connectivity index (χ2n) is 19.7. The minimum Gasteiger partial charge on any atom is -0.462 e. The van der Waals surface area contributed by atoms with E-state index in [2.05, 4.69) is 38.2 Å². The van der Waals surface area contributed by atoms with Crippen LogP contribution in [0.15, 0.2) is 12.2 Å². The van der Waals surface area contributed by atoms with Gasteiger partial charge in [-0.25, -0.2) is 0 Å². The summed E-state index contributed by atoms with van der Waals surface area (Å²) in [5, 5.41) is 23.9. The molecule has 6 heteroatoms. The summed E-state index contributed by atoms with van der Waals surface area (Å²) in [4.78, 5) is 26.2. The highest BCUT2D eigenvalue weighted by molar-refractivity contribution is 5.77. The number of carbonyl (C=O) groups excluding carboxylic acids is 2. The fourth-order valence-electron chi connectivity index (χ4n) is 9.02. The molecule has 0 aromatic carbocycles. The fraction of sp³-hybridized carbons (Fsp3) is 0.930. The molecular formula is C57H111NO5. The van der Waals surface area contributed by atoms with Crippen molar-refractivity contribution in [3.8, 4) is 0 Å². The van der Waals surface area contributed by atoms with Crippen LogP contribution in [0.1, 0.15) is 316 Å². The number of aliphatic hydroxyl groups is 2. The number of unbranched alkanes of at least 4 members (excludes halogenated alkanes) is 38. The average Bonchev–Trinajstić information content (AvgIpc) is 3.28. The van der Waals surface area contributed by atoms with Crippen molar-refractivity contribution in [2.24, 2.45) is 0 Å². The molecule has 0 aliphatic carbocycles. The Morgan fingerprint density at radius 1 is 0.444 bits per heavy atom. The summed E-state index contributed by atoms with van der Waals surface area (Å²) in [7, 11) is 0. The van der Waals surface area contributed by atoms with E-state index < -0.39 is 18.2 Å². The van der Waals surface area contributed by atoms with Crippen LogP contribution >= 0.6 is 0 Å². The van der Waals surface area contributed by atoms with E-state index in [-0.39, 0.29) is 24.9 Å². The number of carbonyl (C=O) groups is 2. The topological polar surface area (TPSA) is 95.9 Å². The van der Waals surface area contributed by atoms with Crippen molar-refractivity contribution in [1.82, 2.24) is 5.32 Å². The van der Waals surface area contributed by atoms with Crippen molar-refractivity contribution in [2.45, 2.75) is 334 Å². The number of ether oxygens (including phenoxy) is 1. The Morgan fingerprint density at radius 2 is 0.762 bits per heavy atom. The van der Waals surface area contributed by atoms with Gasteiger partial charge < -0.3 is 20.3 Å². The highest BCUT2D eigenvalue weighted by Crippen LogP contribution is 2.19. The molecule has 0 aromatic heterocycles. The lowest BCUT2D eigenvalue weighted by molar-refractivity contribution is -0.151. The quantitative estimate of drug-likeness (QED) is 0.0321. The summed E-state index contributed by atoms with van der Waals surface area (Å²) in [6.07, 6.45) is 58.4. The van der Waals surface area contributed by atoms with Gasteiger partial charge in [-0.2, -0.15) is 0 Å². The molecule has 0 bridgehead atoms.